The van der Waals surface area contributed by atoms with Crippen molar-refractivity contribution >= 4 is 51.1 Å². The monoisotopic (exact) mass is 424 g/mol. The highest BCUT2D eigenvalue weighted by Gasteiger charge is 2.14. The lowest BCUT2D eigenvalue weighted by Gasteiger charge is -2.07. The van der Waals surface area contributed by atoms with Crippen LogP contribution in [0.1, 0.15) is 22.8 Å². The smallest absolute Gasteiger partial charge is 0.343 e. The number of anilines is 2. The van der Waals surface area contributed by atoms with Crippen LogP contribution < -0.4 is 11.1 Å². The average Bonchev–Trinajstić information content (AvgIpc) is 2.56. The van der Waals surface area contributed by atoms with Crippen molar-refractivity contribution in [2.24, 2.45) is 0 Å². The SMILES string of the molecule is CCOC(=O)c1cnc(SCC(=O)Nc2ccc(C)c(Br)c2)nc1N. The van der Waals surface area contributed by atoms with Gasteiger partial charge in [-0.15, -0.1) is 0 Å². The summed E-state index contributed by atoms with van der Waals surface area (Å²) in [5.74, 6) is -0.626. The third-order valence-corrected chi connectivity index (χ3v) is 4.80. The molecule has 0 radical (unpaired) electrons. The molecule has 25 heavy (non-hydrogen) atoms. The first kappa shape index (κ1) is 19.2. The maximum absolute atomic E-state index is 12.0. The minimum Gasteiger partial charge on any atom is -0.462 e. The molecule has 0 atom stereocenters. The number of nitrogens with zero attached hydrogens (tertiary/aromatic N) is 2. The molecule has 0 aliphatic heterocycles. The number of hydrogen-bond acceptors (Lipinski definition) is 7. The van der Waals surface area contributed by atoms with Crippen molar-refractivity contribution in [3.05, 3.63) is 40.0 Å². The summed E-state index contributed by atoms with van der Waals surface area (Å²) in [5, 5.41) is 3.10. The number of esters is 1. The zero-order valence-electron chi connectivity index (χ0n) is 13.7. The van der Waals surface area contributed by atoms with Crippen molar-refractivity contribution in [2.75, 3.05) is 23.4 Å². The van der Waals surface area contributed by atoms with Gasteiger partial charge in [-0.3, -0.25) is 4.79 Å². The van der Waals surface area contributed by atoms with Crippen LogP contribution in [0, 0.1) is 6.92 Å². The van der Waals surface area contributed by atoms with Crippen LogP contribution in [0.3, 0.4) is 0 Å². The summed E-state index contributed by atoms with van der Waals surface area (Å²) in [4.78, 5) is 31.7. The van der Waals surface area contributed by atoms with Gasteiger partial charge >= 0.3 is 5.97 Å². The van der Waals surface area contributed by atoms with Crippen LogP contribution in [-0.4, -0.2) is 34.2 Å². The molecule has 0 fully saturated rings. The second-order valence-electron chi connectivity index (χ2n) is 4.97. The lowest BCUT2D eigenvalue weighted by atomic mass is 10.2. The fourth-order valence-electron chi connectivity index (χ4n) is 1.81. The van der Waals surface area contributed by atoms with E-state index in [1.165, 1.54) is 6.20 Å². The van der Waals surface area contributed by atoms with E-state index in [4.69, 9.17) is 10.5 Å². The number of aromatic nitrogens is 2. The molecule has 0 unspecified atom stereocenters. The minimum absolute atomic E-state index is 0.0267. The highest BCUT2D eigenvalue weighted by molar-refractivity contribution is 9.10. The third-order valence-electron chi connectivity index (χ3n) is 3.08. The summed E-state index contributed by atoms with van der Waals surface area (Å²) < 4.78 is 5.78. The molecule has 9 heteroatoms. The number of carbonyl (C=O) groups excluding carboxylic acids is 2. The lowest BCUT2D eigenvalue weighted by Crippen LogP contribution is -2.15. The van der Waals surface area contributed by atoms with E-state index in [2.05, 4.69) is 31.2 Å². The summed E-state index contributed by atoms with van der Waals surface area (Å²) in [6.45, 7) is 3.90. The van der Waals surface area contributed by atoms with Crippen molar-refractivity contribution in [3.8, 4) is 0 Å². The van der Waals surface area contributed by atoms with E-state index in [0.29, 0.717) is 10.8 Å². The first-order valence-electron chi connectivity index (χ1n) is 7.39. The van der Waals surface area contributed by atoms with Crippen molar-refractivity contribution in [3.63, 3.8) is 0 Å². The predicted molar refractivity (Wildman–Crippen MR) is 101 cm³/mol. The van der Waals surface area contributed by atoms with Crippen molar-refractivity contribution in [1.29, 1.82) is 0 Å². The molecule has 0 saturated carbocycles. The number of amides is 1. The van der Waals surface area contributed by atoms with Gasteiger partial charge in [-0.05, 0) is 31.5 Å². The zero-order chi connectivity index (χ0) is 18.4. The number of hydrogen-bond donors (Lipinski definition) is 2. The average molecular weight is 425 g/mol. The number of nitrogens with one attached hydrogen (secondary N) is 1. The van der Waals surface area contributed by atoms with Crippen LogP contribution in [0.4, 0.5) is 11.5 Å². The van der Waals surface area contributed by atoms with Gasteiger partial charge in [0.05, 0.1) is 12.4 Å². The Morgan fingerprint density at radius 1 is 1.40 bits per heavy atom. The van der Waals surface area contributed by atoms with Crippen molar-refractivity contribution in [1.82, 2.24) is 9.97 Å². The second kappa shape index (κ2) is 8.82. The van der Waals surface area contributed by atoms with E-state index in [1.54, 1.807) is 6.92 Å². The van der Waals surface area contributed by atoms with E-state index in [1.807, 2.05) is 25.1 Å². The van der Waals surface area contributed by atoms with Gasteiger partial charge in [0.1, 0.15) is 11.4 Å². The number of carbonyl (C=O) groups is 2. The quantitative estimate of drug-likeness (QED) is 0.416. The summed E-state index contributed by atoms with van der Waals surface area (Å²) in [6, 6.07) is 5.57. The maximum atomic E-state index is 12.0. The van der Waals surface area contributed by atoms with E-state index >= 15 is 0 Å². The van der Waals surface area contributed by atoms with Crippen molar-refractivity contribution in [2.45, 2.75) is 19.0 Å². The number of benzene rings is 1. The molecule has 0 aliphatic carbocycles. The van der Waals surface area contributed by atoms with Crippen LogP contribution in [0.5, 0.6) is 0 Å². The number of nitrogens with two attached hydrogens (primary N) is 1. The fraction of sp³-hybridized carbons (Fsp3) is 0.250. The molecule has 0 spiro atoms. The lowest BCUT2D eigenvalue weighted by molar-refractivity contribution is -0.113. The topological polar surface area (TPSA) is 107 Å². The molecular weight excluding hydrogens is 408 g/mol. The molecular formula is C16H17BrN4O3S. The molecule has 0 saturated heterocycles. The molecule has 7 nitrogen and oxygen atoms in total. The van der Waals surface area contributed by atoms with Crippen molar-refractivity contribution < 1.29 is 14.3 Å². The van der Waals surface area contributed by atoms with Gasteiger partial charge in [0.2, 0.25) is 5.91 Å². The standard InChI is InChI=1S/C16H17BrN4O3S/c1-3-24-15(23)11-7-19-16(21-14(11)18)25-8-13(22)20-10-5-4-9(2)12(17)6-10/h4-7H,3,8H2,1-2H3,(H,20,22)(H2,18,19,21). The Kier molecular flexibility index (Phi) is 6.77. The molecule has 1 heterocycles. The summed E-state index contributed by atoms with van der Waals surface area (Å²) in [5.41, 5.74) is 7.63. The zero-order valence-corrected chi connectivity index (χ0v) is 16.1. The number of ether oxygens (including phenoxy) is 1. The second-order valence-corrected chi connectivity index (χ2v) is 6.77. The predicted octanol–water partition coefficient (Wildman–Crippen LogP) is 3.04. The summed E-state index contributed by atoms with van der Waals surface area (Å²) in [7, 11) is 0. The molecule has 0 aliphatic rings. The van der Waals surface area contributed by atoms with Crippen LogP contribution >= 0.6 is 27.7 Å². The van der Waals surface area contributed by atoms with Crippen LogP contribution in [0.2, 0.25) is 0 Å². The van der Waals surface area contributed by atoms with Gasteiger partial charge in [-0.25, -0.2) is 14.8 Å². The van der Waals surface area contributed by atoms with E-state index < -0.39 is 5.97 Å². The van der Waals surface area contributed by atoms with Crippen LogP contribution in [0.25, 0.3) is 0 Å². The molecule has 3 N–H and O–H groups in total. The molecule has 132 valence electrons. The Bertz CT molecular complexity index is 801. The minimum atomic E-state index is -0.570. The number of aryl methyl sites for hydroxylation is 1. The third kappa shape index (κ3) is 5.43. The van der Waals surface area contributed by atoms with E-state index in [9.17, 15) is 9.59 Å². The molecule has 1 amide bonds. The van der Waals surface area contributed by atoms with Crippen LogP contribution in [0.15, 0.2) is 34.0 Å². The Hall–Kier alpha value is -2.13. The first-order valence-corrected chi connectivity index (χ1v) is 9.17. The van der Waals surface area contributed by atoms with Crippen LogP contribution in [-0.2, 0) is 9.53 Å². The Labute approximate surface area is 157 Å². The number of thioether (sulfide) groups is 1. The Balaban J connectivity index is 1.94. The molecule has 2 aromatic rings. The molecule has 1 aromatic heterocycles. The van der Waals surface area contributed by atoms with Gasteiger partial charge in [0.15, 0.2) is 5.16 Å². The normalized spacial score (nSPS) is 10.4. The van der Waals surface area contributed by atoms with Gasteiger partial charge in [0, 0.05) is 16.4 Å². The van der Waals surface area contributed by atoms with E-state index in [0.717, 1.165) is 21.8 Å². The number of nitrogen functional groups attached to an aromatic ring is 1. The highest BCUT2D eigenvalue weighted by Crippen LogP contribution is 2.21. The fourth-order valence-corrected chi connectivity index (χ4v) is 2.81. The van der Waals surface area contributed by atoms with E-state index in [-0.39, 0.29) is 29.6 Å². The van der Waals surface area contributed by atoms with Gasteiger partial charge in [-0.2, -0.15) is 0 Å². The Morgan fingerprint density at radius 3 is 2.80 bits per heavy atom. The number of rotatable bonds is 6. The summed E-state index contributed by atoms with van der Waals surface area (Å²) in [6.07, 6.45) is 1.30. The maximum Gasteiger partial charge on any atom is 0.343 e. The number of halogens is 1. The molecule has 1 aromatic carbocycles. The largest absolute Gasteiger partial charge is 0.462 e. The first-order chi connectivity index (χ1) is 11.9. The Morgan fingerprint density at radius 2 is 2.16 bits per heavy atom. The van der Waals surface area contributed by atoms with Gasteiger partial charge in [-0.1, -0.05) is 33.8 Å². The van der Waals surface area contributed by atoms with Gasteiger partial charge < -0.3 is 15.8 Å². The molecule has 0 bridgehead atoms. The molecule has 2 rings (SSSR count). The van der Waals surface area contributed by atoms with Gasteiger partial charge in [0.25, 0.3) is 0 Å². The highest BCUT2D eigenvalue weighted by atomic mass is 79.9. The summed E-state index contributed by atoms with van der Waals surface area (Å²) >= 11 is 4.55.